The van der Waals surface area contributed by atoms with Crippen LogP contribution < -0.4 is 10.1 Å². The summed E-state index contributed by atoms with van der Waals surface area (Å²) in [5, 5.41) is 3.03. The van der Waals surface area contributed by atoms with Crippen molar-refractivity contribution in [3.63, 3.8) is 0 Å². The molecule has 0 aliphatic rings. The molecule has 0 spiro atoms. The zero-order chi connectivity index (χ0) is 19.2. The minimum Gasteiger partial charge on any atom is -0.493 e. The number of hydrogen-bond acceptors (Lipinski definition) is 3. The lowest BCUT2D eigenvalue weighted by Gasteiger charge is -2.30. The molecule has 0 aliphatic heterocycles. The first-order valence-electron chi connectivity index (χ1n) is 9.28. The number of aryl methyl sites for hydroxylation is 2. The third kappa shape index (κ3) is 6.35. The van der Waals surface area contributed by atoms with Gasteiger partial charge in [0, 0.05) is 12.3 Å². The number of hydrogen-bond donors (Lipinski definition) is 1. The minimum absolute atomic E-state index is 0.0994. The summed E-state index contributed by atoms with van der Waals surface area (Å²) in [6.07, 6.45) is 0.681. The van der Waals surface area contributed by atoms with Crippen LogP contribution in [0.3, 0.4) is 0 Å². The second kappa shape index (κ2) is 9.23. The molecule has 4 nitrogen and oxygen atoms in total. The summed E-state index contributed by atoms with van der Waals surface area (Å²) in [7, 11) is 0. The number of carbonyl (C=O) groups excluding carboxylic acids is 1. The lowest BCUT2D eigenvalue weighted by Crippen LogP contribution is -2.44. The van der Waals surface area contributed by atoms with Crippen molar-refractivity contribution >= 4 is 11.6 Å². The monoisotopic (exact) mass is 349 g/mol. The van der Waals surface area contributed by atoms with Gasteiger partial charge in [-0.1, -0.05) is 27.7 Å². The number of benzene rings is 1. The van der Waals surface area contributed by atoms with Crippen LogP contribution >= 0.6 is 0 Å². The van der Waals surface area contributed by atoms with E-state index >= 15 is 0 Å². The third-order valence-electron chi connectivity index (χ3n) is 4.02. The van der Waals surface area contributed by atoms with Crippen molar-refractivity contribution in [2.75, 3.05) is 18.5 Å². The van der Waals surface area contributed by atoms with Gasteiger partial charge in [-0.15, -0.1) is 0 Å². The van der Waals surface area contributed by atoms with Gasteiger partial charge in [0.2, 0.25) is 0 Å². The Morgan fingerprint density at radius 1 is 1.12 bits per heavy atom. The normalized spacial score (nSPS) is 13.8. The molecule has 0 aromatic heterocycles. The summed E-state index contributed by atoms with van der Waals surface area (Å²) in [4.78, 5) is 12.8. The summed E-state index contributed by atoms with van der Waals surface area (Å²) < 4.78 is 11.7. The van der Waals surface area contributed by atoms with Crippen LogP contribution in [0.25, 0.3) is 0 Å². The number of amides is 1. The van der Waals surface area contributed by atoms with E-state index in [1.54, 1.807) is 0 Å². The zero-order valence-corrected chi connectivity index (χ0v) is 17.2. The molecule has 4 heteroatoms. The molecule has 1 aromatic rings. The minimum atomic E-state index is -0.822. The number of carbonyl (C=O) groups is 1. The van der Waals surface area contributed by atoms with Gasteiger partial charge in [-0.25, -0.2) is 0 Å². The van der Waals surface area contributed by atoms with Gasteiger partial charge in [0.1, 0.15) is 11.4 Å². The molecule has 1 rings (SSSR count). The maximum atomic E-state index is 12.8. The van der Waals surface area contributed by atoms with E-state index in [0.717, 1.165) is 22.6 Å². The molecule has 25 heavy (non-hydrogen) atoms. The lowest BCUT2D eigenvalue weighted by atomic mass is 9.93. The second-order valence-electron chi connectivity index (χ2n) is 7.86. The number of rotatable bonds is 9. The third-order valence-corrected chi connectivity index (χ3v) is 4.02. The van der Waals surface area contributed by atoms with Crippen LogP contribution in [0.2, 0.25) is 0 Å². The van der Waals surface area contributed by atoms with Crippen LogP contribution in [0.4, 0.5) is 5.69 Å². The van der Waals surface area contributed by atoms with Crippen molar-refractivity contribution in [1.82, 2.24) is 0 Å². The topological polar surface area (TPSA) is 47.6 Å². The standard InChI is InChI=1S/C21H35NO3/c1-9-25-21(8,12-14(2)3)20(23)22-18-10-16(6)19(17(7)11-18)24-13-15(4)5/h10-11,14-15H,9,12-13H2,1-8H3,(H,22,23). The lowest BCUT2D eigenvalue weighted by molar-refractivity contribution is -0.140. The molecular weight excluding hydrogens is 314 g/mol. The van der Waals surface area contributed by atoms with Crippen molar-refractivity contribution in [1.29, 1.82) is 0 Å². The molecule has 0 saturated heterocycles. The number of nitrogens with one attached hydrogen (secondary N) is 1. The number of anilines is 1. The van der Waals surface area contributed by atoms with Gasteiger partial charge in [-0.05, 0) is 69.2 Å². The van der Waals surface area contributed by atoms with E-state index in [-0.39, 0.29) is 5.91 Å². The van der Waals surface area contributed by atoms with E-state index in [2.05, 4.69) is 33.0 Å². The van der Waals surface area contributed by atoms with Gasteiger partial charge < -0.3 is 14.8 Å². The van der Waals surface area contributed by atoms with Crippen LogP contribution in [0.15, 0.2) is 12.1 Å². The fourth-order valence-electron chi connectivity index (χ4n) is 3.08. The van der Waals surface area contributed by atoms with Gasteiger partial charge in [-0.2, -0.15) is 0 Å². The fraction of sp³-hybridized carbons (Fsp3) is 0.667. The highest BCUT2D eigenvalue weighted by molar-refractivity contribution is 5.97. The first-order chi connectivity index (χ1) is 11.6. The van der Waals surface area contributed by atoms with Crippen molar-refractivity contribution in [3.8, 4) is 5.75 Å². The largest absolute Gasteiger partial charge is 0.493 e. The fourth-order valence-corrected chi connectivity index (χ4v) is 3.08. The van der Waals surface area contributed by atoms with E-state index in [9.17, 15) is 4.79 Å². The van der Waals surface area contributed by atoms with E-state index in [1.165, 1.54) is 0 Å². The first-order valence-corrected chi connectivity index (χ1v) is 9.28. The molecular formula is C21H35NO3. The summed E-state index contributed by atoms with van der Waals surface area (Å²) in [5.74, 6) is 1.65. The van der Waals surface area contributed by atoms with Crippen molar-refractivity contribution in [2.24, 2.45) is 11.8 Å². The predicted octanol–water partition coefficient (Wildman–Crippen LogP) is 5.12. The van der Waals surface area contributed by atoms with Crippen LogP contribution in [0, 0.1) is 25.7 Å². The Morgan fingerprint density at radius 3 is 2.12 bits per heavy atom. The molecule has 1 atom stereocenters. The highest BCUT2D eigenvalue weighted by atomic mass is 16.5. The van der Waals surface area contributed by atoms with Crippen LogP contribution in [-0.4, -0.2) is 24.7 Å². The summed E-state index contributed by atoms with van der Waals surface area (Å²) in [6, 6.07) is 3.92. The predicted molar refractivity (Wildman–Crippen MR) is 104 cm³/mol. The smallest absolute Gasteiger partial charge is 0.256 e. The second-order valence-corrected chi connectivity index (χ2v) is 7.86. The maximum absolute atomic E-state index is 12.8. The van der Waals surface area contributed by atoms with Crippen molar-refractivity contribution in [2.45, 2.75) is 67.4 Å². The van der Waals surface area contributed by atoms with Crippen LogP contribution in [0.5, 0.6) is 5.75 Å². The van der Waals surface area contributed by atoms with E-state index in [4.69, 9.17) is 9.47 Å². The molecule has 1 amide bonds. The molecule has 142 valence electrons. The molecule has 0 saturated carbocycles. The average molecular weight is 350 g/mol. The molecule has 1 aromatic carbocycles. The maximum Gasteiger partial charge on any atom is 0.256 e. The van der Waals surface area contributed by atoms with E-state index in [1.807, 2.05) is 39.8 Å². The van der Waals surface area contributed by atoms with Gasteiger partial charge >= 0.3 is 0 Å². The summed E-state index contributed by atoms with van der Waals surface area (Å²) in [5.41, 5.74) is 2.01. The molecule has 1 N–H and O–H groups in total. The summed E-state index contributed by atoms with van der Waals surface area (Å²) >= 11 is 0. The van der Waals surface area contributed by atoms with Gasteiger partial charge in [0.05, 0.1) is 6.61 Å². The SMILES string of the molecule is CCOC(C)(CC(C)C)C(=O)Nc1cc(C)c(OCC(C)C)c(C)c1. The molecule has 0 radical (unpaired) electrons. The molecule has 0 fully saturated rings. The summed E-state index contributed by atoms with van der Waals surface area (Å²) in [6.45, 7) is 17.4. The number of ether oxygens (including phenoxy) is 2. The van der Waals surface area contributed by atoms with Gasteiger partial charge in [0.25, 0.3) is 5.91 Å². The van der Waals surface area contributed by atoms with Gasteiger partial charge in [0.15, 0.2) is 0 Å². The Hall–Kier alpha value is -1.55. The Bertz CT molecular complexity index is 557. The van der Waals surface area contributed by atoms with Crippen molar-refractivity contribution in [3.05, 3.63) is 23.3 Å². The highest BCUT2D eigenvalue weighted by Gasteiger charge is 2.34. The van der Waals surface area contributed by atoms with E-state index < -0.39 is 5.60 Å². The Labute approximate surface area is 153 Å². The quantitative estimate of drug-likeness (QED) is 0.673. The Balaban J connectivity index is 2.96. The highest BCUT2D eigenvalue weighted by Crippen LogP contribution is 2.29. The zero-order valence-electron chi connectivity index (χ0n) is 17.2. The molecule has 0 aliphatic carbocycles. The molecule has 1 unspecified atom stereocenters. The average Bonchev–Trinajstić information content (AvgIpc) is 2.45. The molecule has 0 bridgehead atoms. The Kier molecular flexibility index (Phi) is 7.94. The van der Waals surface area contributed by atoms with E-state index in [0.29, 0.717) is 31.5 Å². The first kappa shape index (κ1) is 21.5. The van der Waals surface area contributed by atoms with Gasteiger partial charge in [-0.3, -0.25) is 4.79 Å². The van der Waals surface area contributed by atoms with Crippen LogP contribution in [-0.2, 0) is 9.53 Å². The van der Waals surface area contributed by atoms with Crippen LogP contribution in [0.1, 0.15) is 59.1 Å². The Morgan fingerprint density at radius 2 is 1.68 bits per heavy atom. The molecule has 0 heterocycles. The van der Waals surface area contributed by atoms with Crippen molar-refractivity contribution < 1.29 is 14.3 Å².